The maximum absolute atomic E-state index is 13.0. The number of aryl methyl sites for hydroxylation is 2. The molecule has 0 radical (unpaired) electrons. The number of thiazole rings is 1. The molecule has 3 aromatic rings. The Morgan fingerprint density at radius 3 is 2.53 bits per heavy atom. The van der Waals surface area contributed by atoms with Gasteiger partial charge in [0.15, 0.2) is 10.8 Å². The van der Waals surface area contributed by atoms with Crippen molar-refractivity contribution in [1.29, 1.82) is 0 Å². The van der Waals surface area contributed by atoms with Gasteiger partial charge in [0.2, 0.25) is 11.8 Å². The topological polar surface area (TPSA) is 109 Å². The van der Waals surface area contributed by atoms with Crippen molar-refractivity contribution in [2.45, 2.75) is 46.6 Å². The van der Waals surface area contributed by atoms with Crippen molar-refractivity contribution in [3.8, 4) is 0 Å². The average molecular weight is 483 g/mol. The number of aromatic nitrogens is 3. The Bertz CT molecular complexity index is 1240. The smallest absolute Gasteiger partial charge is 0.273 e. The molecule has 4 rings (SSSR count). The van der Waals surface area contributed by atoms with Gasteiger partial charge in [-0.3, -0.25) is 19.0 Å². The van der Waals surface area contributed by atoms with Crippen LogP contribution < -0.4 is 21.1 Å². The van der Waals surface area contributed by atoms with E-state index < -0.39 is 0 Å². The SMILES string of the molecule is CCCNC(=O)C1CCN(c2nc3ncn(CC(=O)Nc4cc(C)cc(C)c4)c(=O)c3s2)CC1. The molecular formula is C24H30N6O3S. The predicted molar refractivity (Wildman–Crippen MR) is 134 cm³/mol. The van der Waals surface area contributed by atoms with E-state index in [1.54, 1.807) is 0 Å². The summed E-state index contributed by atoms with van der Waals surface area (Å²) in [5.41, 5.74) is 2.92. The fourth-order valence-electron chi connectivity index (χ4n) is 4.21. The second-order valence-corrected chi connectivity index (χ2v) is 9.78. The fourth-order valence-corrected chi connectivity index (χ4v) is 5.23. The van der Waals surface area contributed by atoms with Crippen molar-refractivity contribution < 1.29 is 9.59 Å². The summed E-state index contributed by atoms with van der Waals surface area (Å²) in [5.74, 6) is -0.154. The van der Waals surface area contributed by atoms with Crippen LogP contribution in [-0.2, 0) is 16.1 Å². The molecule has 0 spiro atoms. The van der Waals surface area contributed by atoms with Crippen LogP contribution in [0.1, 0.15) is 37.3 Å². The molecule has 0 atom stereocenters. The molecular weight excluding hydrogens is 452 g/mol. The Morgan fingerprint density at radius 2 is 1.85 bits per heavy atom. The summed E-state index contributed by atoms with van der Waals surface area (Å²) in [7, 11) is 0. The molecule has 1 saturated heterocycles. The second kappa shape index (κ2) is 10.3. The van der Waals surface area contributed by atoms with Crippen LogP contribution in [0.25, 0.3) is 10.3 Å². The Morgan fingerprint density at radius 1 is 1.15 bits per heavy atom. The summed E-state index contributed by atoms with van der Waals surface area (Å²) in [6.45, 7) is 7.96. The van der Waals surface area contributed by atoms with E-state index in [0.29, 0.717) is 35.7 Å². The van der Waals surface area contributed by atoms with E-state index in [1.165, 1.54) is 22.2 Å². The summed E-state index contributed by atoms with van der Waals surface area (Å²) in [6, 6.07) is 5.81. The van der Waals surface area contributed by atoms with Crippen molar-refractivity contribution in [3.05, 3.63) is 46.0 Å². The van der Waals surface area contributed by atoms with Gasteiger partial charge in [-0.05, 0) is 56.4 Å². The highest BCUT2D eigenvalue weighted by atomic mass is 32.1. The first-order valence-electron chi connectivity index (χ1n) is 11.6. The number of benzene rings is 1. The van der Waals surface area contributed by atoms with Gasteiger partial charge in [-0.1, -0.05) is 24.3 Å². The number of rotatable bonds is 7. The summed E-state index contributed by atoms with van der Waals surface area (Å²) in [5, 5.41) is 6.55. The molecule has 3 heterocycles. The van der Waals surface area contributed by atoms with E-state index >= 15 is 0 Å². The quantitative estimate of drug-likeness (QED) is 0.536. The minimum Gasteiger partial charge on any atom is -0.356 e. The molecule has 0 unspecified atom stereocenters. The first kappa shape index (κ1) is 23.9. The van der Waals surface area contributed by atoms with Gasteiger partial charge in [0, 0.05) is 31.2 Å². The molecule has 0 saturated carbocycles. The number of nitrogens with zero attached hydrogens (tertiary/aromatic N) is 4. The van der Waals surface area contributed by atoms with Crippen molar-refractivity contribution in [2.75, 3.05) is 29.9 Å². The summed E-state index contributed by atoms with van der Waals surface area (Å²) < 4.78 is 1.74. The molecule has 1 fully saturated rings. The number of amides is 2. The van der Waals surface area contributed by atoms with Crippen LogP contribution in [0.3, 0.4) is 0 Å². The summed E-state index contributed by atoms with van der Waals surface area (Å²) in [4.78, 5) is 48.7. The van der Waals surface area contributed by atoms with Crippen molar-refractivity contribution in [3.63, 3.8) is 0 Å². The number of nitrogens with one attached hydrogen (secondary N) is 2. The lowest BCUT2D eigenvalue weighted by atomic mass is 9.96. The second-order valence-electron chi connectivity index (χ2n) is 8.80. The van der Waals surface area contributed by atoms with Crippen LogP contribution in [0.5, 0.6) is 0 Å². The van der Waals surface area contributed by atoms with Gasteiger partial charge >= 0.3 is 0 Å². The Balaban J connectivity index is 1.43. The molecule has 0 aliphatic carbocycles. The lowest BCUT2D eigenvalue weighted by Crippen LogP contribution is -2.40. The van der Waals surface area contributed by atoms with Crippen LogP contribution in [0, 0.1) is 19.8 Å². The minimum atomic E-state index is -0.290. The third-order valence-corrected chi connectivity index (χ3v) is 6.97. The van der Waals surface area contributed by atoms with E-state index in [2.05, 4.69) is 25.5 Å². The minimum absolute atomic E-state index is 0.0169. The van der Waals surface area contributed by atoms with Crippen LogP contribution in [0.4, 0.5) is 10.8 Å². The molecule has 180 valence electrons. The number of piperidine rings is 1. The Hall–Kier alpha value is -3.27. The molecule has 1 aromatic carbocycles. The molecule has 1 aliphatic heterocycles. The Kier molecular flexibility index (Phi) is 7.26. The molecule has 9 nitrogen and oxygen atoms in total. The van der Waals surface area contributed by atoms with E-state index in [-0.39, 0.29) is 29.8 Å². The number of anilines is 2. The highest BCUT2D eigenvalue weighted by Gasteiger charge is 2.26. The van der Waals surface area contributed by atoms with Crippen LogP contribution in [-0.4, -0.2) is 46.0 Å². The van der Waals surface area contributed by atoms with Crippen LogP contribution >= 0.6 is 11.3 Å². The first-order chi connectivity index (χ1) is 16.3. The molecule has 10 heteroatoms. The molecule has 2 aromatic heterocycles. The van der Waals surface area contributed by atoms with Crippen LogP contribution in [0.2, 0.25) is 0 Å². The van der Waals surface area contributed by atoms with Crippen molar-refractivity contribution >= 4 is 44.3 Å². The van der Waals surface area contributed by atoms with Gasteiger partial charge in [0.05, 0.1) is 0 Å². The monoisotopic (exact) mass is 482 g/mol. The number of hydrogen-bond donors (Lipinski definition) is 2. The average Bonchev–Trinajstić information content (AvgIpc) is 3.24. The zero-order valence-corrected chi connectivity index (χ0v) is 20.6. The van der Waals surface area contributed by atoms with Gasteiger partial charge in [-0.15, -0.1) is 0 Å². The summed E-state index contributed by atoms with van der Waals surface area (Å²) in [6.07, 6.45) is 3.80. The molecule has 2 N–H and O–H groups in total. The predicted octanol–water partition coefficient (Wildman–Crippen LogP) is 2.85. The number of hydrogen-bond acceptors (Lipinski definition) is 7. The third-order valence-electron chi connectivity index (χ3n) is 5.88. The lowest BCUT2D eigenvalue weighted by molar-refractivity contribution is -0.125. The maximum atomic E-state index is 13.0. The van der Waals surface area contributed by atoms with E-state index in [0.717, 1.165) is 35.5 Å². The van der Waals surface area contributed by atoms with Gasteiger partial charge in [0.25, 0.3) is 5.56 Å². The zero-order valence-electron chi connectivity index (χ0n) is 19.8. The zero-order chi connectivity index (χ0) is 24.2. The highest BCUT2D eigenvalue weighted by Crippen LogP contribution is 2.29. The molecule has 34 heavy (non-hydrogen) atoms. The van der Waals surface area contributed by atoms with Gasteiger partial charge in [-0.25, -0.2) is 4.98 Å². The van der Waals surface area contributed by atoms with Crippen molar-refractivity contribution in [2.24, 2.45) is 5.92 Å². The maximum Gasteiger partial charge on any atom is 0.273 e. The van der Waals surface area contributed by atoms with E-state index in [9.17, 15) is 14.4 Å². The standard InChI is InChI=1S/C24H30N6O3S/c1-4-7-25-22(32)17-5-8-29(9-6-17)24-28-21-20(34-24)23(33)30(14-26-21)13-19(31)27-18-11-15(2)10-16(3)12-18/h10-12,14,17H,4-9,13H2,1-3H3,(H,25,32)(H,27,31). The largest absolute Gasteiger partial charge is 0.356 e. The highest BCUT2D eigenvalue weighted by molar-refractivity contribution is 7.22. The van der Waals surface area contributed by atoms with Crippen LogP contribution in [0.15, 0.2) is 29.3 Å². The Labute approximate surface area is 202 Å². The normalized spacial score (nSPS) is 14.4. The van der Waals surface area contributed by atoms with Gasteiger partial charge in [-0.2, -0.15) is 4.98 Å². The summed E-state index contributed by atoms with van der Waals surface area (Å²) >= 11 is 1.29. The van der Waals surface area contributed by atoms with Gasteiger partial charge < -0.3 is 15.5 Å². The number of carbonyl (C=O) groups is 2. The van der Waals surface area contributed by atoms with E-state index in [4.69, 9.17) is 0 Å². The molecule has 1 aliphatic rings. The number of carbonyl (C=O) groups excluding carboxylic acids is 2. The molecule has 0 bridgehead atoms. The number of fused-ring (bicyclic) bond motifs is 1. The molecule has 2 amide bonds. The fraction of sp³-hybridized carbons (Fsp3) is 0.458. The lowest BCUT2D eigenvalue weighted by Gasteiger charge is -2.30. The first-order valence-corrected chi connectivity index (χ1v) is 12.4. The van der Waals surface area contributed by atoms with Gasteiger partial charge in [0.1, 0.15) is 17.6 Å². The van der Waals surface area contributed by atoms with Crippen molar-refractivity contribution in [1.82, 2.24) is 19.9 Å². The third kappa shape index (κ3) is 5.44. The van der Waals surface area contributed by atoms with E-state index in [1.807, 2.05) is 39.0 Å².